The predicted molar refractivity (Wildman–Crippen MR) is 42.1 cm³/mol. The molecule has 1 aliphatic heterocycles. The number of nitrogens with zero attached hydrogens (tertiary/aromatic N) is 2. The van der Waals surface area contributed by atoms with Crippen LogP contribution in [0.25, 0.3) is 0 Å². The first-order chi connectivity index (χ1) is 5.95. The van der Waals surface area contributed by atoms with Gasteiger partial charge in [0.05, 0.1) is 6.17 Å². The van der Waals surface area contributed by atoms with Gasteiger partial charge in [-0.25, -0.2) is 20.8 Å². The van der Waals surface area contributed by atoms with E-state index in [0.717, 1.165) is 12.2 Å². The molecule has 12 heavy (non-hydrogen) atoms. The van der Waals surface area contributed by atoms with E-state index < -0.39 is 0 Å². The maximum absolute atomic E-state index is 4.10. The summed E-state index contributed by atoms with van der Waals surface area (Å²) in [4.78, 5) is 8.19. The molecular formula is C6H10N6. The summed E-state index contributed by atoms with van der Waals surface area (Å²) in [7, 11) is 0. The van der Waals surface area contributed by atoms with Crippen molar-refractivity contribution in [3.8, 4) is 0 Å². The summed E-state index contributed by atoms with van der Waals surface area (Å²) in [5, 5.41) is 0. The van der Waals surface area contributed by atoms with E-state index >= 15 is 0 Å². The number of aromatic nitrogens is 2. The summed E-state index contributed by atoms with van der Waals surface area (Å²) in [6, 6.07) is 1.80. The molecule has 1 fully saturated rings. The molecule has 0 amide bonds. The molecule has 0 spiro atoms. The predicted octanol–water partition coefficient (Wildman–Crippen LogP) is -1.54. The fourth-order valence-electron chi connectivity index (χ4n) is 1.00. The molecule has 2 heterocycles. The van der Waals surface area contributed by atoms with E-state index in [-0.39, 0.29) is 6.17 Å². The van der Waals surface area contributed by atoms with Crippen LogP contribution in [0.5, 0.6) is 0 Å². The topological polar surface area (TPSA) is 73.9 Å². The Hall–Kier alpha value is -1.08. The van der Waals surface area contributed by atoms with Crippen molar-refractivity contribution in [3.05, 3.63) is 24.3 Å². The first-order valence-electron chi connectivity index (χ1n) is 3.72. The first-order valence-corrected chi connectivity index (χ1v) is 3.72. The summed E-state index contributed by atoms with van der Waals surface area (Å²) in [5.41, 5.74) is 11.4. The highest BCUT2D eigenvalue weighted by atomic mass is 15.8. The Kier molecular flexibility index (Phi) is 2.23. The van der Waals surface area contributed by atoms with Crippen LogP contribution in [0.3, 0.4) is 0 Å². The lowest BCUT2D eigenvalue weighted by atomic mass is 10.3. The number of hydrazine groups is 3. The highest BCUT2D eigenvalue weighted by molar-refractivity contribution is 4.91. The van der Waals surface area contributed by atoms with Gasteiger partial charge in [-0.15, -0.1) is 0 Å². The lowest BCUT2D eigenvalue weighted by Gasteiger charge is -2.05. The molecule has 0 saturated carbocycles. The minimum Gasteiger partial charge on any atom is -0.241 e. The van der Waals surface area contributed by atoms with Crippen LogP contribution in [0.15, 0.2) is 18.5 Å². The van der Waals surface area contributed by atoms with Gasteiger partial charge < -0.3 is 0 Å². The fraction of sp³-hybridized carbons (Fsp3) is 0.333. The van der Waals surface area contributed by atoms with Crippen LogP contribution in [0.1, 0.15) is 5.82 Å². The van der Waals surface area contributed by atoms with Gasteiger partial charge >= 0.3 is 0 Å². The van der Waals surface area contributed by atoms with E-state index in [1.165, 1.54) is 0 Å². The van der Waals surface area contributed by atoms with E-state index in [9.17, 15) is 0 Å². The van der Waals surface area contributed by atoms with E-state index in [0.29, 0.717) is 0 Å². The number of hydrogen-bond donors (Lipinski definition) is 4. The quantitative estimate of drug-likeness (QED) is 0.427. The normalized spacial score (nSPS) is 18.3. The van der Waals surface area contributed by atoms with Gasteiger partial charge in [0.15, 0.2) is 0 Å². The van der Waals surface area contributed by atoms with Gasteiger partial charge in [0.2, 0.25) is 0 Å². The molecule has 0 aliphatic carbocycles. The Morgan fingerprint density at radius 3 is 2.50 bits per heavy atom. The molecule has 6 nitrogen and oxygen atoms in total. The monoisotopic (exact) mass is 166 g/mol. The third-order valence-electron chi connectivity index (χ3n) is 1.56. The second kappa shape index (κ2) is 3.55. The highest BCUT2D eigenvalue weighted by Gasteiger charge is 2.13. The largest absolute Gasteiger partial charge is 0.241 e. The van der Waals surface area contributed by atoms with Crippen LogP contribution in [0.4, 0.5) is 0 Å². The van der Waals surface area contributed by atoms with Crippen molar-refractivity contribution in [2.75, 3.05) is 0 Å². The van der Waals surface area contributed by atoms with Crippen LogP contribution in [-0.4, -0.2) is 16.1 Å². The van der Waals surface area contributed by atoms with E-state index in [1.807, 2.05) is 0 Å². The lowest BCUT2D eigenvalue weighted by Crippen LogP contribution is -2.36. The molecule has 64 valence electrons. The van der Waals surface area contributed by atoms with E-state index in [4.69, 9.17) is 0 Å². The van der Waals surface area contributed by atoms with Crippen LogP contribution < -0.4 is 21.9 Å². The van der Waals surface area contributed by atoms with Gasteiger partial charge in [-0.1, -0.05) is 0 Å². The van der Waals surface area contributed by atoms with Crippen LogP contribution in [0, 0.1) is 0 Å². The van der Waals surface area contributed by atoms with Crippen molar-refractivity contribution in [1.82, 2.24) is 31.9 Å². The van der Waals surface area contributed by atoms with E-state index in [2.05, 4.69) is 31.9 Å². The second-order valence-electron chi connectivity index (χ2n) is 2.46. The average molecular weight is 166 g/mol. The summed E-state index contributed by atoms with van der Waals surface area (Å²) < 4.78 is 0. The zero-order valence-corrected chi connectivity index (χ0v) is 6.41. The SMILES string of the molecule is c1cnc(CC2NNNN2)nc1. The zero-order chi connectivity index (χ0) is 8.23. The molecule has 1 aromatic rings. The van der Waals surface area contributed by atoms with Crippen molar-refractivity contribution in [2.24, 2.45) is 0 Å². The van der Waals surface area contributed by atoms with Crippen molar-refractivity contribution < 1.29 is 0 Å². The maximum Gasteiger partial charge on any atom is 0.131 e. The van der Waals surface area contributed by atoms with Crippen LogP contribution in [-0.2, 0) is 6.42 Å². The van der Waals surface area contributed by atoms with Gasteiger partial charge in [-0.3, -0.25) is 0 Å². The van der Waals surface area contributed by atoms with Gasteiger partial charge in [0.1, 0.15) is 5.82 Å². The highest BCUT2D eigenvalue weighted by Crippen LogP contribution is 1.92. The van der Waals surface area contributed by atoms with E-state index in [1.54, 1.807) is 18.5 Å². The molecule has 0 unspecified atom stereocenters. The number of hydrogen-bond acceptors (Lipinski definition) is 6. The summed E-state index contributed by atoms with van der Waals surface area (Å²) in [5.74, 6) is 0.813. The maximum atomic E-state index is 4.10. The molecule has 1 saturated heterocycles. The molecule has 0 atom stereocenters. The second-order valence-corrected chi connectivity index (χ2v) is 2.46. The molecule has 2 rings (SSSR count). The Morgan fingerprint density at radius 2 is 1.83 bits per heavy atom. The molecule has 1 aliphatic rings. The fourth-order valence-corrected chi connectivity index (χ4v) is 1.00. The van der Waals surface area contributed by atoms with Crippen LogP contribution >= 0.6 is 0 Å². The molecule has 0 radical (unpaired) electrons. The minimum atomic E-state index is 0.132. The Labute approximate surface area is 69.7 Å². The average Bonchev–Trinajstić information content (AvgIpc) is 2.59. The molecule has 6 heteroatoms. The lowest BCUT2D eigenvalue weighted by molar-refractivity contribution is 0.510. The Balaban J connectivity index is 1.94. The molecule has 4 N–H and O–H groups in total. The Morgan fingerprint density at radius 1 is 1.17 bits per heavy atom. The van der Waals surface area contributed by atoms with Crippen molar-refractivity contribution in [2.45, 2.75) is 12.6 Å². The third kappa shape index (κ3) is 1.74. The Bertz CT molecular complexity index is 231. The van der Waals surface area contributed by atoms with Gasteiger partial charge in [0, 0.05) is 18.8 Å². The van der Waals surface area contributed by atoms with Crippen molar-refractivity contribution in [3.63, 3.8) is 0 Å². The molecule has 0 aromatic carbocycles. The molecule has 1 aromatic heterocycles. The summed E-state index contributed by atoms with van der Waals surface area (Å²) >= 11 is 0. The van der Waals surface area contributed by atoms with Crippen molar-refractivity contribution in [1.29, 1.82) is 0 Å². The van der Waals surface area contributed by atoms with Gasteiger partial charge in [-0.2, -0.15) is 11.1 Å². The van der Waals surface area contributed by atoms with Gasteiger partial charge in [0.25, 0.3) is 0 Å². The summed E-state index contributed by atoms with van der Waals surface area (Å²) in [6.07, 6.45) is 4.34. The van der Waals surface area contributed by atoms with Crippen molar-refractivity contribution >= 4 is 0 Å². The first kappa shape index (κ1) is 7.56. The van der Waals surface area contributed by atoms with Crippen LogP contribution in [0.2, 0.25) is 0 Å². The minimum absolute atomic E-state index is 0.132. The zero-order valence-electron chi connectivity index (χ0n) is 6.41. The smallest absolute Gasteiger partial charge is 0.131 e. The standard InChI is InChI=1S/C6H10N6/c1-2-7-5(8-3-1)4-6-9-11-12-10-6/h1-3,6,9-12H,4H2. The summed E-state index contributed by atoms with van der Waals surface area (Å²) in [6.45, 7) is 0. The number of nitrogens with one attached hydrogen (secondary N) is 4. The molecule has 0 bridgehead atoms. The number of rotatable bonds is 2. The van der Waals surface area contributed by atoms with Gasteiger partial charge in [-0.05, 0) is 6.07 Å². The third-order valence-corrected chi connectivity index (χ3v) is 1.56. The molecular weight excluding hydrogens is 156 g/mol.